The monoisotopic (exact) mass is 289 g/mol. The van der Waals surface area contributed by atoms with Crippen LogP contribution in [0.3, 0.4) is 0 Å². The van der Waals surface area contributed by atoms with E-state index >= 15 is 0 Å². The third-order valence-electron chi connectivity index (χ3n) is 4.49. The molecular weight excluding hydrogens is 262 g/mol. The highest BCUT2D eigenvalue weighted by atomic mass is 16.1. The van der Waals surface area contributed by atoms with Gasteiger partial charge in [0.15, 0.2) is 0 Å². The number of carbonyl (C=O) groups excluding carboxylic acids is 1. The van der Waals surface area contributed by atoms with E-state index in [9.17, 15) is 4.79 Å². The first-order valence-corrected chi connectivity index (χ1v) is 7.88. The second-order valence-electron chi connectivity index (χ2n) is 6.59. The summed E-state index contributed by atoms with van der Waals surface area (Å²) in [5, 5.41) is 6.39. The molecule has 21 heavy (non-hydrogen) atoms. The number of carbonyl (C=O) groups is 1. The summed E-state index contributed by atoms with van der Waals surface area (Å²) in [5.74, 6) is -0.0524. The van der Waals surface area contributed by atoms with Gasteiger partial charge in [0.05, 0.1) is 11.4 Å². The largest absolute Gasteiger partial charge is 0.397 e. The molecule has 4 N–H and O–H groups in total. The molecule has 0 aliphatic heterocycles. The lowest BCUT2D eigenvalue weighted by Gasteiger charge is -2.40. The Hall–Kier alpha value is -1.71. The number of amides is 1. The van der Waals surface area contributed by atoms with Crippen molar-refractivity contribution in [3.8, 4) is 0 Å². The SMILES string of the molecule is CCNC(=O)c1ccc(N)c(NC2CCCCC2(C)C)c1. The van der Waals surface area contributed by atoms with Crippen LogP contribution < -0.4 is 16.4 Å². The Balaban J connectivity index is 2.19. The van der Waals surface area contributed by atoms with Gasteiger partial charge in [-0.2, -0.15) is 0 Å². The van der Waals surface area contributed by atoms with Gasteiger partial charge in [0.25, 0.3) is 5.91 Å². The topological polar surface area (TPSA) is 67.2 Å². The molecule has 1 amide bonds. The Kier molecular flexibility index (Phi) is 4.76. The molecule has 1 aliphatic rings. The second-order valence-corrected chi connectivity index (χ2v) is 6.59. The van der Waals surface area contributed by atoms with E-state index in [0.29, 0.717) is 23.8 Å². The molecule has 0 radical (unpaired) electrons. The Bertz CT molecular complexity index is 511. The minimum Gasteiger partial charge on any atom is -0.397 e. The molecule has 1 fully saturated rings. The van der Waals surface area contributed by atoms with E-state index in [1.807, 2.05) is 19.1 Å². The maximum Gasteiger partial charge on any atom is 0.251 e. The van der Waals surface area contributed by atoms with Crippen molar-refractivity contribution in [3.63, 3.8) is 0 Å². The lowest BCUT2D eigenvalue weighted by molar-refractivity contribution is 0.0956. The average molecular weight is 289 g/mol. The highest BCUT2D eigenvalue weighted by molar-refractivity contribution is 5.96. The fraction of sp³-hybridized carbons (Fsp3) is 0.588. The maximum absolute atomic E-state index is 11.9. The summed E-state index contributed by atoms with van der Waals surface area (Å²) >= 11 is 0. The van der Waals surface area contributed by atoms with Crippen molar-refractivity contribution in [1.82, 2.24) is 5.32 Å². The summed E-state index contributed by atoms with van der Waals surface area (Å²) in [6.45, 7) is 7.14. The van der Waals surface area contributed by atoms with Crippen LogP contribution in [0.25, 0.3) is 0 Å². The molecule has 0 aromatic heterocycles. The molecule has 1 atom stereocenters. The summed E-state index contributed by atoms with van der Waals surface area (Å²) in [6.07, 6.45) is 4.91. The van der Waals surface area contributed by atoms with E-state index in [1.54, 1.807) is 6.07 Å². The minimum atomic E-state index is -0.0524. The summed E-state index contributed by atoms with van der Waals surface area (Å²) in [5.41, 5.74) is 8.56. The zero-order valence-corrected chi connectivity index (χ0v) is 13.3. The molecule has 1 unspecified atom stereocenters. The number of nitrogens with two attached hydrogens (primary N) is 1. The summed E-state index contributed by atoms with van der Waals surface area (Å²) in [6, 6.07) is 5.85. The van der Waals surface area contributed by atoms with E-state index in [-0.39, 0.29) is 11.3 Å². The number of rotatable bonds is 4. The smallest absolute Gasteiger partial charge is 0.251 e. The van der Waals surface area contributed by atoms with Crippen molar-refractivity contribution in [1.29, 1.82) is 0 Å². The first-order chi connectivity index (χ1) is 9.94. The highest BCUT2D eigenvalue weighted by Crippen LogP contribution is 2.38. The average Bonchev–Trinajstić information content (AvgIpc) is 2.43. The van der Waals surface area contributed by atoms with E-state index in [4.69, 9.17) is 5.73 Å². The zero-order chi connectivity index (χ0) is 15.5. The van der Waals surface area contributed by atoms with Crippen LogP contribution in [0.4, 0.5) is 11.4 Å². The van der Waals surface area contributed by atoms with Crippen molar-refractivity contribution in [2.75, 3.05) is 17.6 Å². The first-order valence-electron chi connectivity index (χ1n) is 7.88. The van der Waals surface area contributed by atoms with Gasteiger partial charge in [-0.25, -0.2) is 0 Å². The minimum absolute atomic E-state index is 0.0524. The molecule has 2 rings (SSSR count). The van der Waals surface area contributed by atoms with Crippen LogP contribution in [0.5, 0.6) is 0 Å². The molecule has 4 nitrogen and oxygen atoms in total. The molecule has 1 aromatic carbocycles. The normalized spacial score (nSPS) is 20.8. The second kappa shape index (κ2) is 6.37. The molecule has 0 saturated heterocycles. The standard InChI is InChI=1S/C17H27N3O/c1-4-19-16(21)12-8-9-13(18)14(11-12)20-15-7-5-6-10-17(15,2)3/h8-9,11,15,20H,4-7,10,18H2,1-3H3,(H,19,21). The van der Waals surface area contributed by atoms with Crippen LogP contribution in [0.15, 0.2) is 18.2 Å². The third kappa shape index (κ3) is 3.69. The molecule has 4 heteroatoms. The predicted molar refractivity (Wildman–Crippen MR) is 88.5 cm³/mol. The lowest BCUT2D eigenvalue weighted by atomic mass is 9.73. The Morgan fingerprint density at radius 1 is 1.38 bits per heavy atom. The van der Waals surface area contributed by atoms with Gasteiger partial charge in [-0.3, -0.25) is 4.79 Å². The van der Waals surface area contributed by atoms with Gasteiger partial charge < -0.3 is 16.4 Å². The molecule has 1 aromatic rings. The molecule has 1 saturated carbocycles. The number of benzene rings is 1. The highest BCUT2D eigenvalue weighted by Gasteiger charge is 2.32. The van der Waals surface area contributed by atoms with Crippen LogP contribution >= 0.6 is 0 Å². The van der Waals surface area contributed by atoms with Crippen molar-refractivity contribution in [2.45, 2.75) is 52.5 Å². The van der Waals surface area contributed by atoms with Gasteiger partial charge in [0.2, 0.25) is 0 Å². The number of hydrogen-bond donors (Lipinski definition) is 3. The predicted octanol–water partition coefficient (Wildman–Crippen LogP) is 3.40. The fourth-order valence-corrected chi connectivity index (χ4v) is 3.03. The van der Waals surface area contributed by atoms with Gasteiger partial charge in [0, 0.05) is 18.2 Å². The Morgan fingerprint density at radius 3 is 2.81 bits per heavy atom. The molecular formula is C17H27N3O. The molecule has 0 heterocycles. The molecule has 1 aliphatic carbocycles. The number of hydrogen-bond acceptors (Lipinski definition) is 3. The Morgan fingerprint density at radius 2 is 2.14 bits per heavy atom. The van der Waals surface area contributed by atoms with Gasteiger partial charge in [-0.05, 0) is 43.4 Å². The van der Waals surface area contributed by atoms with Crippen LogP contribution in [0.2, 0.25) is 0 Å². The summed E-state index contributed by atoms with van der Waals surface area (Å²) in [7, 11) is 0. The summed E-state index contributed by atoms with van der Waals surface area (Å²) < 4.78 is 0. The first kappa shape index (κ1) is 15.7. The van der Waals surface area contributed by atoms with E-state index < -0.39 is 0 Å². The molecule has 0 bridgehead atoms. The molecule has 0 spiro atoms. The van der Waals surface area contributed by atoms with Crippen molar-refractivity contribution >= 4 is 17.3 Å². The quantitative estimate of drug-likeness (QED) is 0.744. The molecule has 116 valence electrons. The van der Waals surface area contributed by atoms with Crippen LogP contribution in [-0.4, -0.2) is 18.5 Å². The van der Waals surface area contributed by atoms with Crippen molar-refractivity contribution in [2.24, 2.45) is 5.41 Å². The summed E-state index contributed by atoms with van der Waals surface area (Å²) in [4.78, 5) is 11.9. The van der Waals surface area contributed by atoms with Gasteiger partial charge >= 0.3 is 0 Å². The van der Waals surface area contributed by atoms with Crippen molar-refractivity contribution < 1.29 is 4.79 Å². The van der Waals surface area contributed by atoms with Crippen LogP contribution in [-0.2, 0) is 0 Å². The number of nitrogens with one attached hydrogen (secondary N) is 2. The number of anilines is 2. The fourth-order valence-electron chi connectivity index (χ4n) is 3.03. The van der Waals surface area contributed by atoms with Crippen molar-refractivity contribution in [3.05, 3.63) is 23.8 Å². The van der Waals surface area contributed by atoms with E-state index in [2.05, 4.69) is 24.5 Å². The third-order valence-corrected chi connectivity index (χ3v) is 4.49. The maximum atomic E-state index is 11.9. The van der Waals surface area contributed by atoms with E-state index in [1.165, 1.54) is 19.3 Å². The number of nitrogen functional groups attached to an aromatic ring is 1. The van der Waals surface area contributed by atoms with Gasteiger partial charge in [0.1, 0.15) is 0 Å². The lowest BCUT2D eigenvalue weighted by Crippen LogP contribution is -2.39. The van der Waals surface area contributed by atoms with Crippen LogP contribution in [0.1, 0.15) is 56.8 Å². The van der Waals surface area contributed by atoms with E-state index in [0.717, 1.165) is 12.1 Å². The van der Waals surface area contributed by atoms with Gasteiger partial charge in [-0.15, -0.1) is 0 Å². The van der Waals surface area contributed by atoms with Gasteiger partial charge in [-0.1, -0.05) is 26.7 Å². The Labute approximate surface area is 127 Å². The van der Waals surface area contributed by atoms with Crippen LogP contribution in [0, 0.1) is 5.41 Å². The zero-order valence-electron chi connectivity index (χ0n) is 13.3.